The number of halogens is 1. The largest absolute Gasteiger partial charge is 0.335 e. The van der Waals surface area contributed by atoms with Gasteiger partial charge in [0.2, 0.25) is 0 Å². The zero-order chi connectivity index (χ0) is 23.7. The molecule has 1 aliphatic rings. The van der Waals surface area contributed by atoms with Gasteiger partial charge in [-0.25, -0.2) is 4.52 Å². The SMILES string of the molecule is CCc1nn2c(C)c(C(=O)N3CCN(Cc4ccccc4)CC3)nnc2c1-c1ccc(Cl)cc1. The molecule has 0 saturated carbocycles. The van der Waals surface area contributed by atoms with Crippen LogP contribution in [0.15, 0.2) is 54.6 Å². The van der Waals surface area contributed by atoms with Gasteiger partial charge in [0, 0.05) is 37.7 Å². The average Bonchev–Trinajstić information content (AvgIpc) is 3.25. The zero-order valence-electron chi connectivity index (χ0n) is 19.4. The summed E-state index contributed by atoms with van der Waals surface area (Å²) in [5.41, 5.74) is 5.84. The number of fused-ring (bicyclic) bond motifs is 1. The highest BCUT2D eigenvalue weighted by molar-refractivity contribution is 6.30. The zero-order valence-corrected chi connectivity index (χ0v) is 20.2. The van der Waals surface area contributed by atoms with Crippen molar-refractivity contribution in [3.05, 3.63) is 82.3 Å². The summed E-state index contributed by atoms with van der Waals surface area (Å²) in [4.78, 5) is 17.6. The second-order valence-corrected chi connectivity index (χ2v) is 9.04. The Bertz CT molecular complexity index is 1310. The third-order valence-electron chi connectivity index (χ3n) is 6.42. The monoisotopic (exact) mass is 474 g/mol. The van der Waals surface area contributed by atoms with Gasteiger partial charge in [-0.2, -0.15) is 5.10 Å². The standard InChI is InChI=1S/C26H27ClN6O/c1-3-22-23(20-9-11-21(27)12-10-20)25-29-28-24(18(2)33(25)30-22)26(34)32-15-13-31(14-16-32)17-19-7-5-4-6-8-19/h4-12H,3,13-17H2,1-2H3. The number of amides is 1. The maximum absolute atomic E-state index is 13.3. The molecule has 2 aromatic carbocycles. The lowest BCUT2D eigenvalue weighted by Crippen LogP contribution is -2.48. The molecular weight excluding hydrogens is 448 g/mol. The van der Waals surface area contributed by atoms with E-state index >= 15 is 0 Å². The summed E-state index contributed by atoms with van der Waals surface area (Å²) in [6, 6.07) is 18.1. The molecule has 0 N–H and O–H groups in total. The van der Waals surface area contributed by atoms with Gasteiger partial charge < -0.3 is 4.90 Å². The summed E-state index contributed by atoms with van der Waals surface area (Å²) in [6.07, 6.45) is 0.743. The lowest BCUT2D eigenvalue weighted by molar-refractivity contribution is 0.0620. The first kappa shape index (κ1) is 22.5. The summed E-state index contributed by atoms with van der Waals surface area (Å²) in [5.74, 6) is -0.0900. The Morgan fingerprint density at radius 1 is 0.971 bits per heavy atom. The molecular formula is C26H27ClN6O. The fraction of sp³-hybridized carbons (Fsp3) is 0.308. The van der Waals surface area contributed by atoms with Crippen molar-refractivity contribution in [2.75, 3.05) is 26.2 Å². The van der Waals surface area contributed by atoms with Crippen LogP contribution in [0, 0.1) is 6.92 Å². The Kier molecular flexibility index (Phi) is 6.30. The number of nitrogens with zero attached hydrogens (tertiary/aromatic N) is 6. The van der Waals surface area contributed by atoms with Gasteiger partial charge in [0.25, 0.3) is 5.91 Å². The lowest BCUT2D eigenvalue weighted by Gasteiger charge is -2.34. The molecule has 1 saturated heterocycles. The molecule has 1 aliphatic heterocycles. The van der Waals surface area contributed by atoms with Gasteiger partial charge in [-0.1, -0.05) is 61.0 Å². The molecule has 0 unspecified atom stereocenters. The fourth-order valence-electron chi connectivity index (χ4n) is 4.51. The smallest absolute Gasteiger partial charge is 0.276 e. The number of aryl methyl sites for hydroxylation is 2. The number of carbonyl (C=O) groups excluding carboxylic acids is 1. The highest BCUT2D eigenvalue weighted by Crippen LogP contribution is 2.29. The number of piperazine rings is 1. The van der Waals surface area contributed by atoms with Crippen LogP contribution < -0.4 is 0 Å². The van der Waals surface area contributed by atoms with E-state index < -0.39 is 0 Å². The molecule has 5 rings (SSSR count). The van der Waals surface area contributed by atoms with E-state index in [1.54, 1.807) is 4.52 Å². The first-order valence-corrected chi connectivity index (χ1v) is 12.0. The lowest BCUT2D eigenvalue weighted by atomic mass is 10.0. The van der Waals surface area contributed by atoms with Crippen molar-refractivity contribution in [1.29, 1.82) is 0 Å². The van der Waals surface area contributed by atoms with E-state index in [4.69, 9.17) is 16.7 Å². The Balaban J connectivity index is 1.37. The molecule has 0 spiro atoms. The Labute approximate surface area is 204 Å². The average molecular weight is 475 g/mol. The summed E-state index contributed by atoms with van der Waals surface area (Å²) in [7, 11) is 0. The van der Waals surface area contributed by atoms with E-state index in [-0.39, 0.29) is 5.91 Å². The molecule has 0 radical (unpaired) electrons. The van der Waals surface area contributed by atoms with Gasteiger partial charge in [-0.05, 0) is 36.6 Å². The van der Waals surface area contributed by atoms with Crippen LogP contribution in [0.4, 0.5) is 0 Å². The van der Waals surface area contributed by atoms with Crippen molar-refractivity contribution in [3.63, 3.8) is 0 Å². The maximum Gasteiger partial charge on any atom is 0.276 e. The molecule has 0 atom stereocenters. The number of carbonyl (C=O) groups is 1. The number of benzene rings is 2. The second-order valence-electron chi connectivity index (χ2n) is 8.61. The van der Waals surface area contributed by atoms with Crippen LogP contribution in [0.25, 0.3) is 16.8 Å². The molecule has 7 nitrogen and oxygen atoms in total. The Morgan fingerprint density at radius 3 is 2.35 bits per heavy atom. The van der Waals surface area contributed by atoms with Crippen LogP contribution in [0.1, 0.15) is 34.4 Å². The third kappa shape index (κ3) is 4.29. The van der Waals surface area contributed by atoms with Crippen molar-refractivity contribution >= 4 is 23.2 Å². The number of aromatic nitrogens is 4. The van der Waals surface area contributed by atoms with Crippen LogP contribution >= 0.6 is 11.6 Å². The van der Waals surface area contributed by atoms with Crippen LogP contribution in [0.5, 0.6) is 0 Å². The Hall–Kier alpha value is -3.29. The highest BCUT2D eigenvalue weighted by atomic mass is 35.5. The van der Waals surface area contributed by atoms with Gasteiger partial charge in [-0.3, -0.25) is 9.69 Å². The molecule has 2 aromatic heterocycles. The Morgan fingerprint density at radius 2 is 1.68 bits per heavy atom. The minimum Gasteiger partial charge on any atom is -0.335 e. The van der Waals surface area contributed by atoms with Gasteiger partial charge in [0.1, 0.15) is 0 Å². The minimum atomic E-state index is -0.0900. The molecule has 8 heteroatoms. The maximum atomic E-state index is 13.3. The molecule has 1 fully saturated rings. The second kappa shape index (κ2) is 9.52. The van der Waals surface area contributed by atoms with Gasteiger partial charge in [0.05, 0.1) is 17.0 Å². The summed E-state index contributed by atoms with van der Waals surface area (Å²) < 4.78 is 1.76. The van der Waals surface area contributed by atoms with Crippen molar-refractivity contribution in [3.8, 4) is 11.1 Å². The molecule has 1 amide bonds. The van der Waals surface area contributed by atoms with Crippen molar-refractivity contribution in [2.24, 2.45) is 0 Å². The van der Waals surface area contributed by atoms with E-state index in [0.717, 1.165) is 42.9 Å². The van der Waals surface area contributed by atoms with Crippen molar-refractivity contribution < 1.29 is 4.79 Å². The first-order chi connectivity index (χ1) is 16.5. The number of rotatable bonds is 5. The predicted octanol–water partition coefficient (Wildman–Crippen LogP) is 4.27. The normalized spacial score (nSPS) is 14.6. The minimum absolute atomic E-state index is 0.0900. The molecule has 3 heterocycles. The van der Waals surface area contributed by atoms with Crippen molar-refractivity contribution in [2.45, 2.75) is 26.8 Å². The van der Waals surface area contributed by atoms with Crippen molar-refractivity contribution in [1.82, 2.24) is 29.6 Å². The first-order valence-electron chi connectivity index (χ1n) is 11.6. The van der Waals surface area contributed by atoms with E-state index in [2.05, 4.69) is 46.3 Å². The van der Waals surface area contributed by atoms with Crippen LogP contribution in [-0.2, 0) is 13.0 Å². The quantitative estimate of drug-likeness (QED) is 0.432. The number of hydrogen-bond donors (Lipinski definition) is 0. The summed E-state index contributed by atoms with van der Waals surface area (Å²) in [5, 5.41) is 14.3. The van der Waals surface area contributed by atoms with E-state index in [1.807, 2.05) is 42.2 Å². The van der Waals surface area contributed by atoms with Gasteiger partial charge in [0.15, 0.2) is 11.3 Å². The molecule has 174 valence electrons. The van der Waals surface area contributed by atoms with E-state index in [1.165, 1.54) is 5.56 Å². The van der Waals surface area contributed by atoms with Gasteiger partial charge in [-0.15, -0.1) is 10.2 Å². The highest BCUT2D eigenvalue weighted by Gasteiger charge is 2.27. The fourth-order valence-corrected chi connectivity index (χ4v) is 4.63. The molecule has 34 heavy (non-hydrogen) atoms. The molecule has 0 aliphatic carbocycles. The topological polar surface area (TPSA) is 66.6 Å². The molecule has 4 aromatic rings. The van der Waals surface area contributed by atoms with E-state index in [9.17, 15) is 4.79 Å². The third-order valence-corrected chi connectivity index (χ3v) is 6.67. The number of hydrogen-bond acceptors (Lipinski definition) is 5. The summed E-state index contributed by atoms with van der Waals surface area (Å²) >= 11 is 6.08. The summed E-state index contributed by atoms with van der Waals surface area (Å²) in [6.45, 7) is 7.84. The predicted molar refractivity (Wildman–Crippen MR) is 133 cm³/mol. The van der Waals surface area contributed by atoms with Crippen LogP contribution in [0.3, 0.4) is 0 Å². The van der Waals surface area contributed by atoms with Gasteiger partial charge >= 0.3 is 0 Å². The van der Waals surface area contributed by atoms with Crippen LogP contribution in [0.2, 0.25) is 5.02 Å². The molecule has 0 bridgehead atoms. The van der Waals surface area contributed by atoms with E-state index in [0.29, 0.717) is 35.1 Å². The van der Waals surface area contributed by atoms with Crippen LogP contribution in [-0.4, -0.2) is 61.7 Å².